The minimum Gasteiger partial charge on any atom is -0.507 e. The van der Waals surface area contributed by atoms with Gasteiger partial charge in [-0.05, 0) is 67.3 Å². The summed E-state index contributed by atoms with van der Waals surface area (Å²) in [5, 5.41) is 11.9. The number of anilines is 1. The zero-order valence-electron chi connectivity index (χ0n) is 23.7. The van der Waals surface area contributed by atoms with E-state index in [0.717, 1.165) is 34.2 Å². The number of nitrogens with zero attached hydrogens (tertiary/aromatic N) is 2. The molecule has 0 aliphatic carbocycles. The molecule has 8 nitrogen and oxygen atoms in total. The summed E-state index contributed by atoms with van der Waals surface area (Å²) in [6, 6.07) is 15.1. The van der Waals surface area contributed by atoms with Crippen LogP contribution in [0.2, 0.25) is 0 Å². The van der Waals surface area contributed by atoms with Crippen molar-refractivity contribution in [3.8, 4) is 17.2 Å². The highest BCUT2D eigenvalue weighted by Crippen LogP contribution is 2.46. The van der Waals surface area contributed by atoms with Crippen molar-refractivity contribution in [2.75, 3.05) is 25.7 Å². The lowest BCUT2D eigenvalue weighted by Crippen LogP contribution is -2.29. The second-order valence-electron chi connectivity index (χ2n) is 9.94. The molecule has 4 aromatic rings. The van der Waals surface area contributed by atoms with Gasteiger partial charge in [-0.3, -0.25) is 14.5 Å². The van der Waals surface area contributed by atoms with E-state index in [0.29, 0.717) is 40.1 Å². The molecule has 0 radical (unpaired) electrons. The van der Waals surface area contributed by atoms with E-state index >= 15 is 0 Å². The first kappa shape index (κ1) is 28.2. The van der Waals surface area contributed by atoms with E-state index in [1.54, 1.807) is 42.5 Å². The van der Waals surface area contributed by atoms with Crippen molar-refractivity contribution in [2.45, 2.75) is 39.7 Å². The number of methoxy groups -OCH3 is 2. The van der Waals surface area contributed by atoms with Crippen molar-refractivity contribution in [1.29, 1.82) is 0 Å². The van der Waals surface area contributed by atoms with Crippen LogP contribution in [-0.4, -0.2) is 42.6 Å². The predicted molar refractivity (Wildman–Crippen MR) is 160 cm³/mol. The molecule has 5 rings (SSSR count). The van der Waals surface area contributed by atoms with Gasteiger partial charge in [-0.15, -0.1) is 0 Å². The second kappa shape index (κ2) is 11.6. The number of aryl methyl sites for hydroxylation is 2. The van der Waals surface area contributed by atoms with E-state index in [2.05, 4.69) is 6.92 Å². The number of thiazole rings is 1. The fourth-order valence-electron chi connectivity index (χ4n) is 5.03. The summed E-state index contributed by atoms with van der Waals surface area (Å²) in [6.07, 6.45) is 1.88. The second-order valence-corrected chi connectivity index (χ2v) is 10.9. The smallest absolute Gasteiger partial charge is 0.301 e. The molecule has 1 aromatic heterocycles. The van der Waals surface area contributed by atoms with Crippen LogP contribution in [0.1, 0.15) is 48.1 Å². The van der Waals surface area contributed by atoms with E-state index in [4.69, 9.17) is 19.2 Å². The Morgan fingerprint density at radius 1 is 1.02 bits per heavy atom. The number of aliphatic hydroxyl groups is 1. The van der Waals surface area contributed by atoms with Gasteiger partial charge in [0.2, 0.25) is 0 Å². The number of carbonyl (C=O) groups excluding carboxylic acids is 2. The van der Waals surface area contributed by atoms with Crippen LogP contribution in [0.3, 0.4) is 0 Å². The minimum atomic E-state index is -0.957. The van der Waals surface area contributed by atoms with Crippen LogP contribution >= 0.6 is 11.3 Å². The van der Waals surface area contributed by atoms with Gasteiger partial charge in [-0.1, -0.05) is 48.9 Å². The van der Waals surface area contributed by atoms with Crippen molar-refractivity contribution >= 4 is 44.1 Å². The Kier molecular flexibility index (Phi) is 7.99. The first-order valence-corrected chi connectivity index (χ1v) is 14.2. The molecule has 212 valence electrons. The minimum absolute atomic E-state index is 0.0443. The Bertz CT molecular complexity index is 1670. The van der Waals surface area contributed by atoms with Gasteiger partial charge in [0.1, 0.15) is 11.5 Å². The average molecular weight is 573 g/mol. The van der Waals surface area contributed by atoms with Crippen LogP contribution in [-0.2, 0) is 9.59 Å². The lowest BCUT2D eigenvalue weighted by molar-refractivity contribution is -0.132. The molecule has 1 atom stereocenters. The average Bonchev–Trinajstić information content (AvgIpc) is 3.51. The normalized spacial score (nSPS) is 16.4. The van der Waals surface area contributed by atoms with Gasteiger partial charge in [0.05, 0.1) is 42.7 Å². The Morgan fingerprint density at radius 3 is 2.56 bits per heavy atom. The number of benzene rings is 3. The number of hydrogen-bond donors (Lipinski definition) is 1. The van der Waals surface area contributed by atoms with Crippen LogP contribution in [0.4, 0.5) is 5.13 Å². The Hall–Kier alpha value is -4.37. The number of fused-ring (bicyclic) bond motifs is 1. The Balaban J connectivity index is 1.71. The van der Waals surface area contributed by atoms with Gasteiger partial charge >= 0.3 is 5.91 Å². The molecule has 2 heterocycles. The molecular formula is C32H32N2O6S. The highest BCUT2D eigenvalue weighted by atomic mass is 32.1. The number of rotatable bonds is 9. The van der Waals surface area contributed by atoms with E-state index < -0.39 is 17.7 Å². The molecule has 1 fully saturated rings. The molecule has 1 N–H and O–H groups in total. The standard InChI is InChI=1S/C32H32N2O6S/c1-6-7-13-40-23-12-11-20(17-24(23)39-5)28-26(29(35)21-9-8-10-22(16-21)38-4)30(36)31(37)34(28)32-33-27-19(3)14-18(2)15-25(27)41-32/h8-12,14-17,28,35H,6-7,13H2,1-5H3/b29-26+. The molecule has 3 aromatic carbocycles. The third-order valence-corrected chi connectivity index (χ3v) is 8.07. The van der Waals surface area contributed by atoms with Gasteiger partial charge in [0.25, 0.3) is 5.78 Å². The maximum Gasteiger partial charge on any atom is 0.301 e. The van der Waals surface area contributed by atoms with E-state index in [9.17, 15) is 14.7 Å². The molecule has 1 saturated heterocycles. The number of aromatic nitrogens is 1. The largest absolute Gasteiger partial charge is 0.507 e. The molecule has 1 aliphatic rings. The molecule has 1 unspecified atom stereocenters. The number of aliphatic hydroxyl groups excluding tert-OH is 1. The summed E-state index contributed by atoms with van der Waals surface area (Å²) in [5.41, 5.74) is 3.70. The van der Waals surface area contributed by atoms with Gasteiger partial charge in [0, 0.05) is 5.56 Å². The molecular weight excluding hydrogens is 540 g/mol. The quantitative estimate of drug-likeness (QED) is 0.103. The van der Waals surface area contributed by atoms with Crippen LogP contribution in [0.5, 0.6) is 17.2 Å². The van der Waals surface area contributed by atoms with Crippen LogP contribution < -0.4 is 19.1 Å². The predicted octanol–water partition coefficient (Wildman–Crippen LogP) is 6.74. The van der Waals surface area contributed by atoms with Crippen LogP contribution in [0, 0.1) is 13.8 Å². The number of ketones is 1. The Labute approximate surface area is 242 Å². The SMILES string of the molecule is CCCCOc1ccc(C2/C(=C(\O)c3cccc(OC)c3)C(=O)C(=O)N2c2nc3c(C)cc(C)cc3s2)cc1OC. The first-order chi connectivity index (χ1) is 19.8. The Morgan fingerprint density at radius 2 is 1.83 bits per heavy atom. The van der Waals surface area contributed by atoms with Gasteiger partial charge in [0.15, 0.2) is 16.6 Å². The number of unbranched alkanes of at least 4 members (excludes halogenated alkanes) is 1. The van der Waals surface area contributed by atoms with Crippen molar-refractivity contribution in [1.82, 2.24) is 4.98 Å². The van der Waals surface area contributed by atoms with Gasteiger partial charge < -0.3 is 19.3 Å². The molecule has 1 amide bonds. The van der Waals surface area contributed by atoms with Crippen molar-refractivity contribution < 1.29 is 28.9 Å². The summed E-state index contributed by atoms with van der Waals surface area (Å²) >= 11 is 1.33. The number of carbonyl (C=O) groups is 2. The van der Waals surface area contributed by atoms with Crippen molar-refractivity contribution in [2.24, 2.45) is 0 Å². The monoisotopic (exact) mass is 572 g/mol. The van der Waals surface area contributed by atoms with E-state index in [1.165, 1.54) is 30.5 Å². The van der Waals surface area contributed by atoms with Gasteiger partial charge in [-0.2, -0.15) is 0 Å². The number of hydrogen-bond acceptors (Lipinski definition) is 8. The lowest BCUT2D eigenvalue weighted by atomic mass is 9.95. The summed E-state index contributed by atoms with van der Waals surface area (Å²) in [4.78, 5) is 33.5. The maximum atomic E-state index is 13.7. The molecule has 1 aliphatic heterocycles. The molecule has 0 spiro atoms. The summed E-state index contributed by atoms with van der Waals surface area (Å²) < 4.78 is 17.8. The zero-order chi connectivity index (χ0) is 29.3. The fourth-order valence-corrected chi connectivity index (χ4v) is 6.20. The highest BCUT2D eigenvalue weighted by Gasteiger charge is 2.48. The number of amides is 1. The molecule has 0 bridgehead atoms. The third-order valence-electron chi connectivity index (χ3n) is 7.07. The van der Waals surface area contributed by atoms with Crippen LogP contribution in [0.15, 0.2) is 60.2 Å². The molecule has 0 saturated carbocycles. The lowest BCUT2D eigenvalue weighted by Gasteiger charge is -2.24. The van der Waals surface area contributed by atoms with Gasteiger partial charge in [-0.25, -0.2) is 4.98 Å². The van der Waals surface area contributed by atoms with Crippen molar-refractivity contribution in [3.05, 3.63) is 82.4 Å². The molecule has 9 heteroatoms. The van der Waals surface area contributed by atoms with E-state index in [1.807, 2.05) is 26.0 Å². The van der Waals surface area contributed by atoms with Crippen LogP contribution in [0.25, 0.3) is 16.0 Å². The maximum absolute atomic E-state index is 13.7. The topological polar surface area (TPSA) is 98.2 Å². The summed E-state index contributed by atoms with van der Waals surface area (Å²) in [6.45, 7) is 6.59. The van der Waals surface area contributed by atoms with Crippen molar-refractivity contribution in [3.63, 3.8) is 0 Å². The first-order valence-electron chi connectivity index (χ1n) is 13.4. The number of Topliss-reactive ketones (excluding diaryl/α,β-unsaturated/α-hetero) is 1. The fraction of sp³-hybridized carbons (Fsp3) is 0.281. The number of ether oxygens (including phenoxy) is 3. The third kappa shape index (κ3) is 5.25. The summed E-state index contributed by atoms with van der Waals surface area (Å²) in [5.74, 6) is -0.348. The zero-order valence-corrected chi connectivity index (χ0v) is 24.5. The molecule has 41 heavy (non-hydrogen) atoms. The highest BCUT2D eigenvalue weighted by molar-refractivity contribution is 7.22. The summed E-state index contributed by atoms with van der Waals surface area (Å²) in [7, 11) is 3.06. The van der Waals surface area contributed by atoms with E-state index in [-0.39, 0.29) is 11.3 Å².